The predicted octanol–water partition coefficient (Wildman–Crippen LogP) is 5.11. The monoisotopic (exact) mass is 472 g/mol. The molecule has 1 N–H and O–H groups in total. The molecule has 0 aromatic heterocycles. The highest BCUT2D eigenvalue weighted by Crippen LogP contribution is 2.33. The van der Waals surface area contributed by atoms with E-state index in [2.05, 4.69) is 5.32 Å². The lowest BCUT2D eigenvalue weighted by Crippen LogP contribution is -2.38. The topological polar surface area (TPSA) is 75.7 Å². The van der Waals surface area contributed by atoms with Gasteiger partial charge in [-0.2, -0.15) is 0 Å². The molecule has 0 aliphatic carbocycles. The van der Waals surface area contributed by atoms with Crippen LogP contribution in [0.5, 0.6) is 5.75 Å². The third-order valence-electron chi connectivity index (χ3n) is 4.95. The summed E-state index contributed by atoms with van der Waals surface area (Å²) in [7, 11) is -2.60. The van der Waals surface area contributed by atoms with E-state index in [9.17, 15) is 13.2 Å². The van der Waals surface area contributed by atoms with Crippen LogP contribution in [0.15, 0.2) is 65.6 Å². The van der Waals surface area contributed by atoms with Crippen molar-refractivity contribution in [3.8, 4) is 5.75 Å². The van der Waals surface area contributed by atoms with Gasteiger partial charge >= 0.3 is 0 Å². The van der Waals surface area contributed by atoms with Crippen LogP contribution in [0.4, 0.5) is 11.4 Å². The lowest BCUT2D eigenvalue weighted by molar-refractivity contribution is -0.114. The number of nitrogens with one attached hydrogen (secondary N) is 1. The highest BCUT2D eigenvalue weighted by molar-refractivity contribution is 7.92. The number of amides is 1. The third-order valence-corrected chi connectivity index (χ3v) is 7.14. The van der Waals surface area contributed by atoms with Crippen molar-refractivity contribution in [3.63, 3.8) is 0 Å². The van der Waals surface area contributed by atoms with Crippen molar-refractivity contribution in [2.75, 3.05) is 23.3 Å². The van der Waals surface area contributed by atoms with E-state index in [1.54, 1.807) is 42.5 Å². The largest absolute Gasteiger partial charge is 0.495 e. The maximum atomic E-state index is 13.6. The van der Waals surface area contributed by atoms with Crippen molar-refractivity contribution in [1.29, 1.82) is 0 Å². The molecule has 0 saturated heterocycles. The molecule has 3 aromatic rings. The first-order valence-electron chi connectivity index (χ1n) is 9.92. The summed E-state index contributed by atoms with van der Waals surface area (Å²) in [6.45, 7) is 5.13. The first-order chi connectivity index (χ1) is 15.1. The Balaban J connectivity index is 2.02. The Morgan fingerprint density at radius 3 is 2.25 bits per heavy atom. The van der Waals surface area contributed by atoms with Gasteiger partial charge in [-0.3, -0.25) is 9.10 Å². The average Bonchev–Trinajstić information content (AvgIpc) is 2.75. The van der Waals surface area contributed by atoms with E-state index >= 15 is 0 Å². The molecule has 0 aliphatic rings. The Hall–Kier alpha value is -3.03. The molecule has 0 saturated carbocycles. The second-order valence-electron chi connectivity index (χ2n) is 7.51. The Bertz CT molecular complexity index is 1240. The summed E-state index contributed by atoms with van der Waals surface area (Å²) in [4.78, 5) is 13.0. The molecule has 0 spiro atoms. The Morgan fingerprint density at radius 1 is 0.969 bits per heavy atom. The van der Waals surface area contributed by atoms with Crippen molar-refractivity contribution in [1.82, 2.24) is 0 Å². The fourth-order valence-corrected chi connectivity index (χ4v) is 4.74. The fourth-order valence-electron chi connectivity index (χ4n) is 3.13. The van der Waals surface area contributed by atoms with Crippen LogP contribution in [0.2, 0.25) is 5.02 Å². The number of nitrogens with zero attached hydrogens (tertiary/aromatic N) is 1. The number of hydrogen-bond donors (Lipinski definition) is 1. The standard InChI is InChI=1S/C24H25ClN2O4S/c1-16-5-10-20(11-6-16)32(29,30)27(22-13-17(2)7-12-23(22)31-4)15-24(28)26-19-9-8-18(3)21(25)14-19/h5-14H,15H2,1-4H3,(H,26,28). The maximum Gasteiger partial charge on any atom is 0.264 e. The number of aryl methyl sites for hydroxylation is 3. The van der Waals surface area contributed by atoms with Gasteiger partial charge in [-0.1, -0.05) is 41.4 Å². The first-order valence-corrected chi connectivity index (χ1v) is 11.7. The summed E-state index contributed by atoms with van der Waals surface area (Å²) in [6, 6.07) is 16.8. The quantitative estimate of drug-likeness (QED) is 0.518. The van der Waals surface area contributed by atoms with Crippen LogP contribution in [-0.4, -0.2) is 28.0 Å². The minimum Gasteiger partial charge on any atom is -0.495 e. The first kappa shape index (κ1) is 23.6. The minimum absolute atomic E-state index is 0.0813. The van der Waals surface area contributed by atoms with Crippen LogP contribution >= 0.6 is 11.6 Å². The highest BCUT2D eigenvalue weighted by Gasteiger charge is 2.29. The molecule has 168 valence electrons. The molecule has 0 aliphatic heterocycles. The zero-order valence-corrected chi connectivity index (χ0v) is 19.9. The van der Waals surface area contributed by atoms with Gasteiger partial charge in [-0.15, -0.1) is 0 Å². The van der Waals surface area contributed by atoms with Crippen LogP contribution in [0.1, 0.15) is 16.7 Å². The molecule has 6 nitrogen and oxygen atoms in total. The molecule has 8 heteroatoms. The average molecular weight is 473 g/mol. The summed E-state index contributed by atoms with van der Waals surface area (Å²) in [5.41, 5.74) is 3.39. The van der Waals surface area contributed by atoms with E-state index in [4.69, 9.17) is 16.3 Å². The number of rotatable bonds is 7. The van der Waals surface area contributed by atoms with Gasteiger partial charge in [0.15, 0.2) is 0 Å². The number of methoxy groups -OCH3 is 1. The van der Waals surface area contributed by atoms with E-state index in [0.717, 1.165) is 21.0 Å². The Kier molecular flexibility index (Phi) is 7.11. The smallest absolute Gasteiger partial charge is 0.264 e. The van der Waals surface area contributed by atoms with Crippen LogP contribution in [0.25, 0.3) is 0 Å². The van der Waals surface area contributed by atoms with Gasteiger partial charge in [0.2, 0.25) is 5.91 Å². The predicted molar refractivity (Wildman–Crippen MR) is 128 cm³/mol. The lowest BCUT2D eigenvalue weighted by atomic mass is 10.2. The number of hydrogen-bond acceptors (Lipinski definition) is 4. The van der Waals surface area contributed by atoms with Crippen LogP contribution < -0.4 is 14.4 Å². The van der Waals surface area contributed by atoms with Gasteiger partial charge in [-0.05, 0) is 68.3 Å². The number of anilines is 2. The van der Waals surface area contributed by atoms with Crippen molar-refractivity contribution >= 4 is 38.9 Å². The molecule has 3 aromatic carbocycles. The SMILES string of the molecule is COc1ccc(C)cc1N(CC(=O)Nc1ccc(C)c(Cl)c1)S(=O)(=O)c1ccc(C)cc1. The van der Waals surface area contributed by atoms with Crippen LogP contribution in [-0.2, 0) is 14.8 Å². The number of carbonyl (C=O) groups excluding carboxylic acids is 1. The fraction of sp³-hybridized carbons (Fsp3) is 0.208. The summed E-state index contributed by atoms with van der Waals surface area (Å²) < 4.78 is 33.6. The maximum absolute atomic E-state index is 13.6. The van der Waals surface area contributed by atoms with E-state index in [1.807, 2.05) is 26.8 Å². The molecule has 0 heterocycles. The lowest BCUT2D eigenvalue weighted by Gasteiger charge is -2.26. The molecule has 32 heavy (non-hydrogen) atoms. The minimum atomic E-state index is -4.06. The van der Waals surface area contributed by atoms with E-state index in [1.165, 1.54) is 19.2 Å². The zero-order valence-electron chi connectivity index (χ0n) is 18.3. The molecule has 0 fully saturated rings. The second kappa shape index (κ2) is 9.63. The molecule has 0 unspecified atom stereocenters. The third kappa shape index (κ3) is 5.23. The molecule has 0 bridgehead atoms. The molecular weight excluding hydrogens is 448 g/mol. The number of ether oxygens (including phenoxy) is 1. The van der Waals surface area contributed by atoms with Gasteiger partial charge < -0.3 is 10.1 Å². The van der Waals surface area contributed by atoms with Crippen LogP contribution in [0, 0.1) is 20.8 Å². The second-order valence-corrected chi connectivity index (χ2v) is 9.78. The van der Waals surface area contributed by atoms with Crippen molar-refractivity contribution < 1.29 is 17.9 Å². The van der Waals surface area contributed by atoms with Crippen molar-refractivity contribution in [2.24, 2.45) is 0 Å². The highest BCUT2D eigenvalue weighted by atomic mass is 35.5. The molecular formula is C24H25ClN2O4S. The van der Waals surface area contributed by atoms with Gasteiger partial charge in [0.25, 0.3) is 10.0 Å². The molecule has 1 amide bonds. The molecule has 3 rings (SSSR count). The summed E-state index contributed by atoms with van der Waals surface area (Å²) in [6.07, 6.45) is 0. The number of benzene rings is 3. The number of carbonyl (C=O) groups is 1. The zero-order chi connectivity index (χ0) is 23.5. The van der Waals surface area contributed by atoms with Crippen molar-refractivity contribution in [3.05, 3.63) is 82.4 Å². The number of halogens is 1. The summed E-state index contributed by atoms with van der Waals surface area (Å²) in [5.74, 6) is -0.165. The summed E-state index contributed by atoms with van der Waals surface area (Å²) in [5, 5.41) is 3.23. The molecule has 0 atom stereocenters. The van der Waals surface area contributed by atoms with Gasteiger partial charge in [0.1, 0.15) is 12.3 Å². The molecule has 0 radical (unpaired) electrons. The Morgan fingerprint density at radius 2 is 1.62 bits per heavy atom. The van der Waals surface area contributed by atoms with E-state index in [0.29, 0.717) is 16.5 Å². The van der Waals surface area contributed by atoms with E-state index < -0.39 is 22.5 Å². The van der Waals surface area contributed by atoms with Crippen LogP contribution in [0.3, 0.4) is 0 Å². The van der Waals surface area contributed by atoms with Crippen molar-refractivity contribution in [2.45, 2.75) is 25.7 Å². The van der Waals surface area contributed by atoms with Gasteiger partial charge in [0, 0.05) is 10.7 Å². The normalized spacial score (nSPS) is 11.2. The van der Waals surface area contributed by atoms with E-state index in [-0.39, 0.29) is 10.6 Å². The Labute approximate surface area is 193 Å². The van der Waals surface area contributed by atoms with Gasteiger partial charge in [0.05, 0.1) is 17.7 Å². The number of sulfonamides is 1. The summed E-state index contributed by atoms with van der Waals surface area (Å²) >= 11 is 6.15. The van der Waals surface area contributed by atoms with Gasteiger partial charge in [-0.25, -0.2) is 8.42 Å².